The maximum absolute atomic E-state index is 4.33. The van der Waals surface area contributed by atoms with E-state index in [0.29, 0.717) is 0 Å². The van der Waals surface area contributed by atoms with E-state index >= 15 is 0 Å². The third-order valence-electron chi connectivity index (χ3n) is 2.91. The van der Waals surface area contributed by atoms with Crippen LogP contribution in [0.15, 0.2) is 36.0 Å². The molecule has 0 saturated heterocycles. The summed E-state index contributed by atoms with van der Waals surface area (Å²) in [6.45, 7) is 4.18. The van der Waals surface area contributed by atoms with Gasteiger partial charge in [0.05, 0.1) is 5.39 Å². The van der Waals surface area contributed by atoms with Gasteiger partial charge in [0.25, 0.3) is 0 Å². The van der Waals surface area contributed by atoms with Gasteiger partial charge in [0.2, 0.25) is 0 Å². The van der Waals surface area contributed by atoms with Crippen molar-refractivity contribution in [1.82, 2.24) is 9.97 Å². The van der Waals surface area contributed by atoms with E-state index in [1.54, 1.807) is 17.7 Å². The van der Waals surface area contributed by atoms with Gasteiger partial charge in [0.15, 0.2) is 0 Å². The van der Waals surface area contributed by atoms with E-state index in [-0.39, 0.29) is 0 Å². The Hall–Kier alpha value is -1.94. The van der Waals surface area contributed by atoms with Crippen LogP contribution in [0, 0.1) is 13.8 Å². The lowest BCUT2D eigenvalue weighted by atomic mass is 10.1. The first-order chi connectivity index (χ1) is 8.74. The maximum atomic E-state index is 4.33. The van der Waals surface area contributed by atoms with Crippen molar-refractivity contribution in [2.45, 2.75) is 13.8 Å². The van der Waals surface area contributed by atoms with Gasteiger partial charge in [-0.2, -0.15) is 0 Å². The van der Waals surface area contributed by atoms with Crippen molar-refractivity contribution in [1.29, 1.82) is 0 Å². The number of rotatable bonds is 2. The van der Waals surface area contributed by atoms with Crippen molar-refractivity contribution in [3.05, 3.63) is 47.1 Å². The summed E-state index contributed by atoms with van der Waals surface area (Å²) in [5.41, 5.74) is 3.54. The van der Waals surface area contributed by atoms with Crippen LogP contribution in [0.2, 0.25) is 0 Å². The lowest BCUT2D eigenvalue weighted by Crippen LogP contribution is -1.97. The molecular formula is C14H13N3S. The van der Waals surface area contributed by atoms with Gasteiger partial charge in [0.1, 0.15) is 17.0 Å². The van der Waals surface area contributed by atoms with Gasteiger partial charge in [-0.15, -0.1) is 11.3 Å². The van der Waals surface area contributed by atoms with Crippen molar-refractivity contribution in [3.63, 3.8) is 0 Å². The van der Waals surface area contributed by atoms with Gasteiger partial charge < -0.3 is 5.32 Å². The van der Waals surface area contributed by atoms with Gasteiger partial charge in [0, 0.05) is 5.69 Å². The zero-order chi connectivity index (χ0) is 12.5. The summed E-state index contributed by atoms with van der Waals surface area (Å²) in [6, 6.07) is 8.41. The smallest absolute Gasteiger partial charge is 0.142 e. The second-order valence-corrected chi connectivity index (χ2v) is 5.20. The Balaban J connectivity index is 2.06. The average molecular weight is 255 g/mol. The highest BCUT2D eigenvalue weighted by Gasteiger charge is 2.06. The van der Waals surface area contributed by atoms with Gasteiger partial charge in [-0.1, -0.05) is 12.1 Å². The highest BCUT2D eigenvalue weighted by Crippen LogP contribution is 2.27. The largest absolute Gasteiger partial charge is 0.339 e. The maximum Gasteiger partial charge on any atom is 0.142 e. The van der Waals surface area contributed by atoms with Crippen molar-refractivity contribution in [2.24, 2.45) is 0 Å². The van der Waals surface area contributed by atoms with Crippen LogP contribution in [0.25, 0.3) is 10.2 Å². The molecule has 0 amide bonds. The molecule has 0 unspecified atom stereocenters. The monoisotopic (exact) mass is 255 g/mol. The molecule has 3 nitrogen and oxygen atoms in total. The van der Waals surface area contributed by atoms with Gasteiger partial charge in [-0.25, -0.2) is 9.97 Å². The molecule has 18 heavy (non-hydrogen) atoms. The number of hydrogen-bond donors (Lipinski definition) is 1. The Morgan fingerprint density at radius 3 is 2.89 bits per heavy atom. The first-order valence-corrected chi connectivity index (χ1v) is 6.64. The summed E-state index contributed by atoms with van der Waals surface area (Å²) in [7, 11) is 0. The van der Waals surface area contributed by atoms with Crippen LogP contribution in [-0.2, 0) is 0 Å². The standard InChI is InChI=1S/C14H13N3S/c1-9-3-4-10(2)12(7-9)17-13-11-5-6-18-14(11)16-8-15-13/h3-8H,1-2H3,(H,15,16,17). The minimum atomic E-state index is 0.870. The van der Waals surface area contributed by atoms with Gasteiger partial charge in [-0.05, 0) is 42.5 Å². The zero-order valence-corrected chi connectivity index (χ0v) is 11.1. The van der Waals surface area contributed by atoms with Crippen LogP contribution in [0.4, 0.5) is 11.5 Å². The number of benzene rings is 1. The van der Waals surface area contributed by atoms with Crippen LogP contribution < -0.4 is 5.32 Å². The first kappa shape index (κ1) is 11.2. The van der Waals surface area contributed by atoms with E-state index in [0.717, 1.165) is 21.7 Å². The van der Waals surface area contributed by atoms with Gasteiger partial charge >= 0.3 is 0 Å². The molecule has 0 aliphatic rings. The normalized spacial score (nSPS) is 10.8. The molecule has 4 heteroatoms. The zero-order valence-electron chi connectivity index (χ0n) is 10.3. The lowest BCUT2D eigenvalue weighted by Gasteiger charge is -2.10. The summed E-state index contributed by atoms with van der Waals surface area (Å²) in [5.74, 6) is 0.870. The van der Waals surface area contributed by atoms with E-state index in [1.165, 1.54) is 11.1 Å². The van der Waals surface area contributed by atoms with Crippen LogP contribution >= 0.6 is 11.3 Å². The summed E-state index contributed by atoms with van der Waals surface area (Å²) < 4.78 is 0. The number of hydrogen-bond acceptors (Lipinski definition) is 4. The molecule has 0 atom stereocenters. The Kier molecular flexibility index (Phi) is 2.72. The third-order valence-corrected chi connectivity index (χ3v) is 3.73. The van der Waals surface area contributed by atoms with E-state index < -0.39 is 0 Å². The predicted molar refractivity (Wildman–Crippen MR) is 76.6 cm³/mol. The summed E-state index contributed by atoms with van der Waals surface area (Å²) >= 11 is 1.63. The van der Waals surface area contributed by atoms with Crippen LogP contribution in [-0.4, -0.2) is 9.97 Å². The van der Waals surface area contributed by atoms with E-state index in [9.17, 15) is 0 Å². The molecule has 90 valence electrons. The minimum absolute atomic E-state index is 0.870. The molecule has 0 aliphatic carbocycles. The average Bonchev–Trinajstić information content (AvgIpc) is 2.83. The molecule has 1 N–H and O–H groups in total. The van der Waals surface area contributed by atoms with E-state index in [1.807, 2.05) is 11.4 Å². The highest BCUT2D eigenvalue weighted by atomic mass is 32.1. The number of thiophene rings is 1. The number of anilines is 2. The SMILES string of the molecule is Cc1ccc(C)c(Nc2ncnc3sccc23)c1. The quantitative estimate of drug-likeness (QED) is 0.750. The number of nitrogens with one attached hydrogen (secondary N) is 1. The Morgan fingerprint density at radius 1 is 1.11 bits per heavy atom. The molecule has 0 spiro atoms. The molecule has 3 rings (SSSR count). The van der Waals surface area contributed by atoms with Crippen LogP contribution in [0.1, 0.15) is 11.1 Å². The van der Waals surface area contributed by atoms with Crippen LogP contribution in [0.5, 0.6) is 0 Å². The van der Waals surface area contributed by atoms with Gasteiger partial charge in [-0.3, -0.25) is 0 Å². The molecule has 0 bridgehead atoms. The van der Waals surface area contributed by atoms with Crippen molar-refractivity contribution in [3.8, 4) is 0 Å². The minimum Gasteiger partial charge on any atom is -0.339 e. The fourth-order valence-corrected chi connectivity index (χ4v) is 2.62. The second-order valence-electron chi connectivity index (χ2n) is 4.31. The molecule has 1 aromatic carbocycles. The fraction of sp³-hybridized carbons (Fsp3) is 0.143. The lowest BCUT2D eigenvalue weighted by molar-refractivity contribution is 1.22. The number of fused-ring (bicyclic) bond motifs is 1. The van der Waals surface area contributed by atoms with E-state index in [4.69, 9.17) is 0 Å². The molecule has 2 aromatic heterocycles. The van der Waals surface area contributed by atoms with Crippen molar-refractivity contribution in [2.75, 3.05) is 5.32 Å². The Labute approximate surface area is 110 Å². The van der Waals surface area contributed by atoms with Crippen molar-refractivity contribution < 1.29 is 0 Å². The van der Waals surface area contributed by atoms with Crippen LogP contribution in [0.3, 0.4) is 0 Å². The number of nitrogens with zero attached hydrogens (tertiary/aromatic N) is 2. The highest BCUT2D eigenvalue weighted by molar-refractivity contribution is 7.16. The third kappa shape index (κ3) is 1.95. The van der Waals surface area contributed by atoms with E-state index in [2.05, 4.69) is 47.3 Å². The summed E-state index contributed by atoms with van der Waals surface area (Å²) in [5, 5.41) is 6.51. The Bertz CT molecular complexity index is 703. The predicted octanol–water partition coefficient (Wildman–Crippen LogP) is 4.05. The molecule has 3 aromatic rings. The topological polar surface area (TPSA) is 37.8 Å². The van der Waals surface area contributed by atoms with Crippen molar-refractivity contribution >= 4 is 33.1 Å². The summed E-state index contributed by atoms with van der Waals surface area (Å²) in [4.78, 5) is 9.59. The fourth-order valence-electron chi connectivity index (χ4n) is 1.89. The number of aromatic nitrogens is 2. The first-order valence-electron chi connectivity index (χ1n) is 5.76. The molecule has 0 radical (unpaired) electrons. The molecule has 0 aliphatic heterocycles. The number of aryl methyl sites for hydroxylation is 2. The molecule has 0 fully saturated rings. The summed E-state index contributed by atoms with van der Waals surface area (Å²) in [6.07, 6.45) is 1.60. The molecule has 0 saturated carbocycles. The molecule has 2 heterocycles. The molecular weight excluding hydrogens is 242 g/mol. The second kappa shape index (κ2) is 4.38. The Morgan fingerprint density at radius 2 is 2.00 bits per heavy atom.